The van der Waals surface area contributed by atoms with Crippen LogP contribution in [0.4, 0.5) is 0 Å². The summed E-state index contributed by atoms with van der Waals surface area (Å²) in [6, 6.07) is 0. The normalized spacial score (nSPS) is 40.7. The van der Waals surface area contributed by atoms with Crippen molar-refractivity contribution in [2.24, 2.45) is 10.8 Å². The summed E-state index contributed by atoms with van der Waals surface area (Å²) in [6.45, 7) is 7.42. The molecule has 0 aromatic carbocycles. The molecule has 140 valence electrons. The van der Waals surface area contributed by atoms with Gasteiger partial charge in [-0.25, -0.2) is 0 Å². The van der Waals surface area contributed by atoms with E-state index in [-0.39, 0.29) is 6.42 Å². The average Bonchev–Trinajstić information content (AvgIpc) is 3.05. The lowest BCUT2D eigenvalue weighted by Gasteiger charge is -2.48. The van der Waals surface area contributed by atoms with E-state index in [4.69, 9.17) is 23.7 Å². The van der Waals surface area contributed by atoms with Crippen LogP contribution in [0.1, 0.15) is 26.7 Å². The zero-order valence-corrected chi connectivity index (χ0v) is 14.8. The molecule has 0 amide bonds. The second-order valence-corrected chi connectivity index (χ2v) is 7.20. The Morgan fingerprint density at radius 2 is 1.72 bits per heavy atom. The van der Waals surface area contributed by atoms with E-state index < -0.39 is 53.2 Å². The van der Waals surface area contributed by atoms with Crippen LogP contribution < -0.4 is 0 Å². The van der Waals surface area contributed by atoms with Gasteiger partial charge in [0, 0.05) is 5.41 Å². The number of carbonyl (C=O) groups excluding carboxylic acids is 2. The highest BCUT2D eigenvalue weighted by Gasteiger charge is 2.72. The second-order valence-electron chi connectivity index (χ2n) is 7.20. The van der Waals surface area contributed by atoms with Crippen molar-refractivity contribution in [2.45, 2.75) is 57.1 Å². The van der Waals surface area contributed by atoms with Gasteiger partial charge in [-0.1, -0.05) is 6.08 Å². The van der Waals surface area contributed by atoms with Crippen LogP contribution in [0.25, 0.3) is 0 Å². The molecule has 8 nitrogen and oxygen atoms in total. The Morgan fingerprint density at radius 3 is 2.24 bits per heavy atom. The molecule has 2 aliphatic heterocycles. The predicted octanol–water partition coefficient (Wildman–Crippen LogP) is 0.522. The van der Waals surface area contributed by atoms with Crippen molar-refractivity contribution < 1.29 is 38.4 Å². The van der Waals surface area contributed by atoms with Crippen molar-refractivity contribution in [3.05, 3.63) is 12.7 Å². The standard InChI is InChI=1S/C17H24O8/c1-6-16-7-8-17(13(19)21-4,14(20)22-5)9(18)10(16)23-12-11(16)24-15(2,3)25-12/h6,9-12,18H,1,7-8H2,2-5H3/t9-,10+,11-,12+,16-/m0/s1. The second kappa shape index (κ2) is 5.77. The molecule has 1 aliphatic carbocycles. The summed E-state index contributed by atoms with van der Waals surface area (Å²) in [7, 11) is 2.32. The molecule has 0 radical (unpaired) electrons. The largest absolute Gasteiger partial charge is 0.468 e. The van der Waals surface area contributed by atoms with Gasteiger partial charge >= 0.3 is 11.9 Å². The summed E-state index contributed by atoms with van der Waals surface area (Å²) in [4.78, 5) is 24.8. The zero-order chi connectivity index (χ0) is 18.6. The van der Waals surface area contributed by atoms with E-state index in [1.807, 2.05) is 0 Å². The number of esters is 2. The Hall–Kier alpha value is -1.48. The lowest BCUT2D eigenvalue weighted by Crippen LogP contribution is -2.63. The molecular formula is C17H24O8. The molecule has 5 atom stereocenters. The van der Waals surface area contributed by atoms with Gasteiger partial charge in [-0.15, -0.1) is 6.58 Å². The van der Waals surface area contributed by atoms with E-state index in [1.165, 1.54) is 0 Å². The number of hydrogen-bond donors (Lipinski definition) is 1. The van der Waals surface area contributed by atoms with Crippen LogP contribution in [-0.2, 0) is 33.3 Å². The van der Waals surface area contributed by atoms with Crippen LogP contribution in [0.2, 0.25) is 0 Å². The molecule has 0 bridgehead atoms. The molecule has 25 heavy (non-hydrogen) atoms. The number of carbonyl (C=O) groups is 2. The van der Waals surface area contributed by atoms with Gasteiger partial charge in [0.15, 0.2) is 17.5 Å². The van der Waals surface area contributed by atoms with Gasteiger partial charge in [-0.05, 0) is 26.7 Å². The fraction of sp³-hybridized carbons (Fsp3) is 0.765. The van der Waals surface area contributed by atoms with Crippen LogP contribution in [0.5, 0.6) is 0 Å². The first kappa shape index (κ1) is 18.3. The number of fused-ring (bicyclic) bond motifs is 3. The molecule has 2 heterocycles. The first-order valence-electron chi connectivity index (χ1n) is 8.18. The maximum atomic E-state index is 12.4. The topological polar surface area (TPSA) is 101 Å². The van der Waals surface area contributed by atoms with Gasteiger partial charge in [0.1, 0.15) is 18.3 Å². The van der Waals surface area contributed by atoms with E-state index >= 15 is 0 Å². The monoisotopic (exact) mass is 356 g/mol. The molecule has 3 fully saturated rings. The first-order valence-corrected chi connectivity index (χ1v) is 8.18. The summed E-state index contributed by atoms with van der Waals surface area (Å²) >= 11 is 0. The van der Waals surface area contributed by atoms with Crippen molar-refractivity contribution >= 4 is 11.9 Å². The molecule has 1 N–H and O–H groups in total. The van der Waals surface area contributed by atoms with E-state index in [2.05, 4.69) is 6.58 Å². The fourth-order valence-corrected chi connectivity index (χ4v) is 4.33. The molecular weight excluding hydrogens is 332 g/mol. The Bertz CT molecular complexity index is 583. The smallest absolute Gasteiger partial charge is 0.326 e. The number of aliphatic hydroxyl groups is 1. The highest BCUT2D eigenvalue weighted by molar-refractivity contribution is 6.01. The lowest BCUT2D eigenvalue weighted by atomic mass is 9.59. The molecule has 0 unspecified atom stereocenters. The summed E-state index contributed by atoms with van der Waals surface area (Å²) in [5.74, 6) is -2.54. The van der Waals surface area contributed by atoms with Crippen molar-refractivity contribution in [3.63, 3.8) is 0 Å². The maximum absolute atomic E-state index is 12.4. The first-order chi connectivity index (χ1) is 11.7. The van der Waals surface area contributed by atoms with Crippen molar-refractivity contribution in [3.8, 4) is 0 Å². The minimum Gasteiger partial charge on any atom is -0.468 e. The molecule has 2 saturated heterocycles. The third-order valence-corrected chi connectivity index (χ3v) is 5.62. The molecule has 1 saturated carbocycles. The Kier molecular flexibility index (Phi) is 4.23. The molecule has 3 rings (SSSR count). The minimum absolute atomic E-state index is 0.0202. The Morgan fingerprint density at radius 1 is 1.12 bits per heavy atom. The molecule has 0 aromatic heterocycles. The number of hydrogen-bond acceptors (Lipinski definition) is 8. The summed E-state index contributed by atoms with van der Waals surface area (Å²) in [5.41, 5.74) is -2.64. The van der Waals surface area contributed by atoms with Crippen LogP contribution >= 0.6 is 0 Å². The van der Waals surface area contributed by atoms with Gasteiger partial charge in [0.05, 0.1) is 14.2 Å². The molecule has 8 heteroatoms. The van der Waals surface area contributed by atoms with Crippen LogP contribution in [0.3, 0.4) is 0 Å². The van der Waals surface area contributed by atoms with Crippen molar-refractivity contribution in [1.82, 2.24) is 0 Å². The maximum Gasteiger partial charge on any atom is 0.326 e. The van der Waals surface area contributed by atoms with Gasteiger partial charge in [-0.3, -0.25) is 9.59 Å². The van der Waals surface area contributed by atoms with Gasteiger partial charge in [-0.2, -0.15) is 0 Å². The lowest BCUT2D eigenvalue weighted by molar-refractivity contribution is -0.247. The van der Waals surface area contributed by atoms with E-state index in [0.717, 1.165) is 14.2 Å². The number of ether oxygens (including phenoxy) is 5. The van der Waals surface area contributed by atoms with Crippen molar-refractivity contribution in [2.75, 3.05) is 14.2 Å². The third kappa shape index (κ3) is 2.28. The van der Waals surface area contributed by atoms with E-state index in [1.54, 1.807) is 19.9 Å². The predicted molar refractivity (Wildman–Crippen MR) is 83.0 cm³/mol. The highest BCUT2D eigenvalue weighted by atomic mass is 16.8. The van der Waals surface area contributed by atoms with Crippen LogP contribution in [-0.4, -0.2) is 61.7 Å². The molecule has 0 aromatic rings. The molecule has 0 spiro atoms. The Balaban J connectivity index is 2.01. The Labute approximate surface area is 146 Å². The van der Waals surface area contributed by atoms with Crippen LogP contribution in [0, 0.1) is 10.8 Å². The van der Waals surface area contributed by atoms with Crippen LogP contribution in [0.15, 0.2) is 12.7 Å². The van der Waals surface area contributed by atoms with Gasteiger partial charge in [0.25, 0.3) is 0 Å². The zero-order valence-electron chi connectivity index (χ0n) is 14.8. The van der Waals surface area contributed by atoms with Gasteiger partial charge in [0.2, 0.25) is 0 Å². The number of methoxy groups -OCH3 is 2. The third-order valence-electron chi connectivity index (χ3n) is 5.62. The van der Waals surface area contributed by atoms with E-state index in [9.17, 15) is 14.7 Å². The van der Waals surface area contributed by atoms with Gasteiger partial charge < -0.3 is 28.8 Å². The minimum atomic E-state index is -1.85. The SMILES string of the molecule is C=C[C@]12CCC(C(=O)OC)(C(=O)OC)[C@@H](O)[C@H]1O[C@@H]1OC(C)(C)O[C@@H]12. The van der Waals surface area contributed by atoms with E-state index in [0.29, 0.717) is 6.42 Å². The number of aliphatic hydroxyl groups excluding tert-OH is 1. The quantitative estimate of drug-likeness (QED) is 0.444. The van der Waals surface area contributed by atoms with Crippen molar-refractivity contribution in [1.29, 1.82) is 0 Å². The molecule has 3 aliphatic rings. The summed E-state index contributed by atoms with van der Waals surface area (Å²) in [6.07, 6.45) is -1.61. The summed E-state index contributed by atoms with van der Waals surface area (Å²) in [5, 5.41) is 11.0. The number of rotatable bonds is 3. The summed E-state index contributed by atoms with van der Waals surface area (Å²) < 4.78 is 27.2. The fourth-order valence-electron chi connectivity index (χ4n) is 4.33. The highest BCUT2D eigenvalue weighted by Crippen LogP contribution is 2.58. The average molecular weight is 356 g/mol.